The van der Waals surface area contributed by atoms with Gasteiger partial charge >= 0.3 is 5.97 Å². The molecule has 0 aliphatic heterocycles. The van der Waals surface area contributed by atoms with Crippen LogP contribution in [0.25, 0.3) is 0 Å². The average molecular weight is 236 g/mol. The first kappa shape index (κ1) is 11.9. The molecule has 17 heavy (non-hydrogen) atoms. The summed E-state index contributed by atoms with van der Waals surface area (Å²) >= 11 is 0. The van der Waals surface area contributed by atoms with Gasteiger partial charge in [0.15, 0.2) is 0 Å². The molecular formula is C12H16N2O3. The molecule has 1 aromatic rings. The van der Waals surface area contributed by atoms with Crippen molar-refractivity contribution in [3.05, 3.63) is 23.9 Å². The standard InChI is InChI=1S/C12H16N2O3/c1-16-12(15)10-3-2-4-14-11(10)17-9-5-8(6-9)7-13/h2-4,8-9H,5-7,13H2,1H3. The molecule has 0 radical (unpaired) electrons. The summed E-state index contributed by atoms with van der Waals surface area (Å²) in [5.74, 6) is 0.452. The molecule has 1 fully saturated rings. The minimum absolute atomic E-state index is 0.113. The molecule has 0 saturated heterocycles. The van der Waals surface area contributed by atoms with Gasteiger partial charge in [0.2, 0.25) is 5.88 Å². The molecule has 0 spiro atoms. The zero-order valence-electron chi connectivity index (χ0n) is 9.76. The van der Waals surface area contributed by atoms with Gasteiger partial charge in [0.05, 0.1) is 7.11 Å². The molecule has 2 N–H and O–H groups in total. The number of ether oxygens (including phenoxy) is 2. The van der Waals surface area contributed by atoms with Crippen LogP contribution in [0, 0.1) is 5.92 Å². The van der Waals surface area contributed by atoms with Crippen LogP contribution in [0.5, 0.6) is 5.88 Å². The number of carbonyl (C=O) groups excluding carboxylic acids is 1. The summed E-state index contributed by atoms with van der Waals surface area (Å²) in [4.78, 5) is 15.5. The van der Waals surface area contributed by atoms with Crippen LogP contribution in [0.3, 0.4) is 0 Å². The maximum absolute atomic E-state index is 11.5. The number of rotatable bonds is 4. The molecule has 0 unspecified atom stereocenters. The molecule has 0 atom stereocenters. The van der Waals surface area contributed by atoms with Crippen LogP contribution in [0.2, 0.25) is 0 Å². The third-order valence-corrected chi connectivity index (χ3v) is 2.98. The van der Waals surface area contributed by atoms with Crippen molar-refractivity contribution < 1.29 is 14.3 Å². The van der Waals surface area contributed by atoms with Gasteiger partial charge in [0.25, 0.3) is 0 Å². The number of nitrogens with zero attached hydrogens (tertiary/aromatic N) is 1. The fourth-order valence-electron chi connectivity index (χ4n) is 1.87. The number of aromatic nitrogens is 1. The Bertz CT molecular complexity index is 402. The van der Waals surface area contributed by atoms with E-state index in [0.717, 1.165) is 12.8 Å². The maximum atomic E-state index is 11.5. The second kappa shape index (κ2) is 5.14. The van der Waals surface area contributed by atoms with Crippen molar-refractivity contribution in [3.63, 3.8) is 0 Å². The highest BCUT2D eigenvalue weighted by atomic mass is 16.5. The van der Waals surface area contributed by atoms with E-state index in [1.54, 1.807) is 18.3 Å². The van der Waals surface area contributed by atoms with Crippen LogP contribution in [-0.4, -0.2) is 30.7 Å². The van der Waals surface area contributed by atoms with Gasteiger partial charge < -0.3 is 15.2 Å². The van der Waals surface area contributed by atoms with Gasteiger partial charge in [-0.25, -0.2) is 9.78 Å². The zero-order chi connectivity index (χ0) is 12.3. The molecule has 5 nitrogen and oxygen atoms in total. The SMILES string of the molecule is COC(=O)c1cccnc1OC1CC(CN)C1. The Morgan fingerprint density at radius 1 is 1.59 bits per heavy atom. The van der Waals surface area contributed by atoms with E-state index in [9.17, 15) is 4.79 Å². The fourth-order valence-corrected chi connectivity index (χ4v) is 1.87. The van der Waals surface area contributed by atoms with Crippen molar-refractivity contribution in [2.24, 2.45) is 11.7 Å². The lowest BCUT2D eigenvalue weighted by atomic mass is 9.82. The number of hydrogen-bond acceptors (Lipinski definition) is 5. The number of esters is 1. The molecule has 2 rings (SSSR count). The highest BCUT2D eigenvalue weighted by Gasteiger charge is 2.31. The largest absolute Gasteiger partial charge is 0.474 e. The van der Waals surface area contributed by atoms with Crippen LogP contribution < -0.4 is 10.5 Å². The molecule has 0 bridgehead atoms. The molecule has 92 valence electrons. The number of methoxy groups -OCH3 is 1. The summed E-state index contributed by atoms with van der Waals surface area (Å²) < 4.78 is 10.3. The monoisotopic (exact) mass is 236 g/mol. The van der Waals surface area contributed by atoms with Gasteiger partial charge in [-0.2, -0.15) is 0 Å². The van der Waals surface area contributed by atoms with E-state index in [4.69, 9.17) is 10.5 Å². The van der Waals surface area contributed by atoms with Gasteiger partial charge in [0, 0.05) is 6.20 Å². The van der Waals surface area contributed by atoms with Gasteiger partial charge in [-0.05, 0) is 37.4 Å². The summed E-state index contributed by atoms with van der Waals surface area (Å²) in [6.45, 7) is 0.686. The van der Waals surface area contributed by atoms with Crippen molar-refractivity contribution >= 4 is 5.97 Å². The highest BCUT2D eigenvalue weighted by molar-refractivity contribution is 5.91. The van der Waals surface area contributed by atoms with E-state index in [1.165, 1.54) is 7.11 Å². The Morgan fingerprint density at radius 3 is 3.00 bits per heavy atom. The van der Waals surface area contributed by atoms with E-state index in [-0.39, 0.29) is 6.10 Å². The van der Waals surface area contributed by atoms with E-state index in [1.807, 2.05) is 0 Å². The zero-order valence-corrected chi connectivity index (χ0v) is 9.76. The summed E-state index contributed by atoms with van der Waals surface area (Å²) in [6.07, 6.45) is 3.56. The quantitative estimate of drug-likeness (QED) is 0.789. The Balaban J connectivity index is 2.03. The van der Waals surface area contributed by atoms with Crippen molar-refractivity contribution in [2.45, 2.75) is 18.9 Å². The summed E-state index contributed by atoms with van der Waals surface area (Å²) in [7, 11) is 1.34. The van der Waals surface area contributed by atoms with Crippen LogP contribution >= 0.6 is 0 Å². The topological polar surface area (TPSA) is 74.4 Å². The molecule has 1 heterocycles. The first-order valence-corrected chi connectivity index (χ1v) is 5.64. The van der Waals surface area contributed by atoms with Crippen LogP contribution in [0.15, 0.2) is 18.3 Å². The minimum Gasteiger partial charge on any atom is -0.474 e. The lowest BCUT2D eigenvalue weighted by molar-refractivity contribution is 0.0529. The lowest BCUT2D eigenvalue weighted by Gasteiger charge is -2.34. The van der Waals surface area contributed by atoms with Gasteiger partial charge in [0.1, 0.15) is 11.7 Å². The van der Waals surface area contributed by atoms with E-state index < -0.39 is 5.97 Å². The molecule has 1 aromatic heterocycles. The van der Waals surface area contributed by atoms with Gasteiger partial charge in [-0.15, -0.1) is 0 Å². The van der Waals surface area contributed by atoms with Crippen molar-refractivity contribution in [2.75, 3.05) is 13.7 Å². The third kappa shape index (κ3) is 2.55. The van der Waals surface area contributed by atoms with E-state index >= 15 is 0 Å². The van der Waals surface area contributed by atoms with Crippen LogP contribution in [-0.2, 0) is 4.74 Å². The Kier molecular flexibility index (Phi) is 3.58. The number of carbonyl (C=O) groups is 1. The first-order valence-electron chi connectivity index (χ1n) is 5.64. The fraction of sp³-hybridized carbons (Fsp3) is 0.500. The van der Waals surface area contributed by atoms with Gasteiger partial charge in [-0.3, -0.25) is 0 Å². The molecule has 1 aliphatic carbocycles. The van der Waals surface area contributed by atoms with Gasteiger partial charge in [-0.1, -0.05) is 0 Å². The number of hydrogen-bond donors (Lipinski definition) is 1. The second-order valence-corrected chi connectivity index (χ2v) is 4.16. The molecule has 1 aliphatic rings. The smallest absolute Gasteiger partial charge is 0.343 e. The normalized spacial score (nSPS) is 22.7. The van der Waals surface area contributed by atoms with Crippen LogP contribution in [0.1, 0.15) is 23.2 Å². The molecule has 0 amide bonds. The third-order valence-electron chi connectivity index (χ3n) is 2.98. The molecule has 0 aromatic carbocycles. The Morgan fingerprint density at radius 2 is 2.35 bits per heavy atom. The number of pyridine rings is 1. The predicted molar refractivity (Wildman–Crippen MR) is 61.8 cm³/mol. The second-order valence-electron chi connectivity index (χ2n) is 4.16. The number of nitrogens with two attached hydrogens (primary N) is 1. The minimum atomic E-state index is -0.428. The summed E-state index contributed by atoms with van der Waals surface area (Å²) in [6, 6.07) is 3.33. The van der Waals surface area contributed by atoms with Crippen molar-refractivity contribution in [3.8, 4) is 5.88 Å². The first-order chi connectivity index (χ1) is 8.24. The predicted octanol–water partition coefficient (Wildman–Crippen LogP) is 0.984. The maximum Gasteiger partial charge on any atom is 0.343 e. The average Bonchev–Trinajstić information content (AvgIpc) is 2.32. The molecule has 5 heteroatoms. The van der Waals surface area contributed by atoms with Crippen molar-refractivity contribution in [1.82, 2.24) is 4.98 Å². The van der Waals surface area contributed by atoms with Crippen LogP contribution in [0.4, 0.5) is 0 Å². The Hall–Kier alpha value is -1.62. The lowest BCUT2D eigenvalue weighted by Crippen LogP contribution is -2.38. The molecule has 1 saturated carbocycles. The molecular weight excluding hydrogens is 220 g/mol. The Labute approximate surface area is 99.9 Å². The summed E-state index contributed by atoms with van der Waals surface area (Å²) in [5, 5.41) is 0. The van der Waals surface area contributed by atoms with Crippen molar-refractivity contribution in [1.29, 1.82) is 0 Å². The highest BCUT2D eigenvalue weighted by Crippen LogP contribution is 2.30. The van der Waals surface area contributed by atoms with E-state index in [2.05, 4.69) is 9.72 Å². The summed E-state index contributed by atoms with van der Waals surface area (Å²) in [5.41, 5.74) is 5.91. The van der Waals surface area contributed by atoms with E-state index in [0.29, 0.717) is 23.9 Å².